The Morgan fingerprint density at radius 2 is 2.05 bits per heavy atom. The van der Waals surface area contributed by atoms with Crippen LogP contribution in [0.4, 0.5) is 5.69 Å². The van der Waals surface area contributed by atoms with Crippen molar-refractivity contribution >= 4 is 22.5 Å². The maximum Gasteiger partial charge on any atom is 0.225 e. The Bertz CT molecular complexity index is 895. The number of phenolic OH excluding ortho intramolecular Hbond substituents is 1. The molecule has 0 radical (unpaired) electrons. The zero-order valence-corrected chi connectivity index (χ0v) is 12.2. The monoisotopic (exact) mass is 292 g/mol. The number of aromatic amines is 1. The number of anilines is 1. The lowest BCUT2D eigenvalue weighted by Crippen LogP contribution is -2.23. The Labute approximate surface area is 127 Å². The number of nitrogens with one attached hydrogen (secondary N) is 2. The van der Waals surface area contributed by atoms with Gasteiger partial charge in [-0.3, -0.25) is 4.79 Å². The molecule has 0 saturated carbocycles. The van der Waals surface area contributed by atoms with Gasteiger partial charge in [0, 0.05) is 41.2 Å². The number of hydrogen-bond acceptors (Lipinski definition) is 2. The molecule has 0 aliphatic carbocycles. The first-order valence-corrected chi connectivity index (χ1v) is 7.33. The minimum Gasteiger partial charge on any atom is -0.508 e. The first-order valence-electron chi connectivity index (χ1n) is 7.33. The van der Waals surface area contributed by atoms with Gasteiger partial charge in [0.2, 0.25) is 5.91 Å². The van der Waals surface area contributed by atoms with Crippen LogP contribution in [0.3, 0.4) is 0 Å². The summed E-state index contributed by atoms with van der Waals surface area (Å²) in [5.74, 6) is 0.190. The van der Waals surface area contributed by atoms with Crippen LogP contribution in [0.25, 0.3) is 10.9 Å². The summed E-state index contributed by atoms with van der Waals surface area (Å²) in [4.78, 5) is 15.3. The average Bonchev–Trinajstić information content (AvgIpc) is 2.96. The standard InChI is InChI=1S/C18H16N2O2/c1-10-7-14-13(8-18(22)20-16(14)9-17(10)21)11-3-2-4-15-12(11)5-6-19-15/h2-7,9,13,19,21H,8H2,1H3,(H,20,22)/t13-/m1/s1. The van der Waals surface area contributed by atoms with Crippen molar-refractivity contribution < 1.29 is 9.90 Å². The summed E-state index contributed by atoms with van der Waals surface area (Å²) in [6, 6.07) is 11.8. The van der Waals surface area contributed by atoms with E-state index in [1.165, 1.54) is 0 Å². The largest absolute Gasteiger partial charge is 0.508 e. The van der Waals surface area contributed by atoms with Crippen molar-refractivity contribution in [1.29, 1.82) is 0 Å². The number of benzene rings is 2. The Balaban J connectivity index is 1.95. The Kier molecular flexibility index (Phi) is 2.73. The smallest absolute Gasteiger partial charge is 0.225 e. The predicted octanol–water partition coefficient (Wildman–Crippen LogP) is 3.66. The van der Waals surface area contributed by atoms with E-state index in [1.807, 2.05) is 37.4 Å². The SMILES string of the molecule is Cc1cc2c(cc1O)NC(=O)C[C@@H]2c1cccc2[nH]ccc12. The van der Waals surface area contributed by atoms with Crippen LogP contribution in [0.15, 0.2) is 42.6 Å². The first kappa shape index (κ1) is 13.0. The first-order chi connectivity index (χ1) is 10.6. The van der Waals surface area contributed by atoms with Crippen molar-refractivity contribution in [2.45, 2.75) is 19.3 Å². The summed E-state index contributed by atoms with van der Waals surface area (Å²) in [6.07, 6.45) is 2.33. The number of carbonyl (C=O) groups excluding carboxylic acids is 1. The van der Waals surface area contributed by atoms with Crippen LogP contribution < -0.4 is 5.32 Å². The van der Waals surface area contributed by atoms with Crippen LogP contribution in [0.5, 0.6) is 5.75 Å². The lowest BCUT2D eigenvalue weighted by atomic mass is 9.82. The topological polar surface area (TPSA) is 65.1 Å². The highest BCUT2D eigenvalue weighted by molar-refractivity contribution is 5.97. The third-order valence-electron chi connectivity index (χ3n) is 4.41. The van der Waals surface area contributed by atoms with Gasteiger partial charge in [-0.25, -0.2) is 0 Å². The summed E-state index contributed by atoms with van der Waals surface area (Å²) >= 11 is 0. The van der Waals surface area contributed by atoms with Crippen molar-refractivity contribution in [3.63, 3.8) is 0 Å². The van der Waals surface area contributed by atoms with Crippen LogP contribution in [-0.4, -0.2) is 16.0 Å². The molecule has 4 nitrogen and oxygen atoms in total. The molecular weight excluding hydrogens is 276 g/mol. The number of phenols is 1. The molecule has 2 aromatic carbocycles. The summed E-state index contributed by atoms with van der Waals surface area (Å²) in [6.45, 7) is 1.87. The molecule has 0 bridgehead atoms. The van der Waals surface area contributed by atoms with Gasteiger partial charge < -0.3 is 15.4 Å². The van der Waals surface area contributed by atoms with E-state index in [0.29, 0.717) is 12.1 Å². The van der Waals surface area contributed by atoms with Gasteiger partial charge in [0.05, 0.1) is 0 Å². The molecule has 110 valence electrons. The van der Waals surface area contributed by atoms with Crippen molar-refractivity contribution in [2.75, 3.05) is 5.32 Å². The molecule has 4 rings (SSSR count). The van der Waals surface area contributed by atoms with E-state index in [9.17, 15) is 9.90 Å². The summed E-state index contributed by atoms with van der Waals surface area (Å²) in [5, 5.41) is 13.9. The Morgan fingerprint density at radius 1 is 1.18 bits per heavy atom. The predicted molar refractivity (Wildman–Crippen MR) is 86.2 cm³/mol. The maximum atomic E-state index is 12.1. The number of rotatable bonds is 1. The normalized spacial score (nSPS) is 17.3. The lowest BCUT2D eigenvalue weighted by Gasteiger charge is -2.27. The quantitative estimate of drug-likeness (QED) is 0.641. The van der Waals surface area contributed by atoms with Crippen molar-refractivity contribution in [1.82, 2.24) is 4.98 Å². The van der Waals surface area contributed by atoms with Crippen molar-refractivity contribution in [3.8, 4) is 5.75 Å². The number of aromatic nitrogens is 1. The average molecular weight is 292 g/mol. The molecular formula is C18H16N2O2. The van der Waals surface area contributed by atoms with Crippen LogP contribution in [0.1, 0.15) is 29.0 Å². The molecule has 1 amide bonds. The number of H-pyrrole nitrogens is 1. The third kappa shape index (κ3) is 1.88. The summed E-state index contributed by atoms with van der Waals surface area (Å²) < 4.78 is 0. The van der Waals surface area contributed by atoms with Crippen LogP contribution >= 0.6 is 0 Å². The highest BCUT2D eigenvalue weighted by Gasteiger charge is 2.28. The van der Waals surface area contributed by atoms with Gasteiger partial charge in [-0.2, -0.15) is 0 Å². The fraction of sp³-hybridized carbons (Fsp3) is 0.167. The minimum atomic E-state index is -0.0201. The highest BCUT2D eigenvalue weighted by atomic mass is 16.3. The molecule has 4 heteroatoms. The van der Waals surface area contributed by atoms with E-state index in [0.717, 1.165) is 27.6 Å². The molecule has 0 unspecified atom stereocenters. The summed E-state index contributed by atoms with van der Waals surface area (Å²) in [7, 11) is 0. The molecule has 3 N–H and O–H groups in total. The molecule has 22 heavy (non-hydrogen) atoms. The third-order valence-corrected chi connectivity index (χ3v) is 4.41. The molecule has 2 heterocycles. The Morgan fingerprint density at radius 3 is 2.91 bits per heavy atom. The van der Waals surface area contributed by atoms with Gasteiger partial charge in [0.1, 0.15) is 5.75 Å². The zero-order valence-electron chi connectivity index (χ0n) is 12.2. The molecule has 0 fully saturated rings. The van der Waals surface area contributed by atoms with Gasteiger partial charge >= 0.3 is 0 Å². The molecule has 1 aliphatic rings. The molecule has 3 aromatic rings. The molecule has 1 atom stereocenters. The van der Waals surface area contributed by atoms with Gasteiger partial charge in [-0.1, -0.05) is 12.1 Å². The second-order valence-electron chi connectivity index (χ2n) is 5.82. The zero-order chi connectivity index (χ0) is 15.3. The van der Waals surface area contributed by atoms with E-state index in [4.69, 9.17) is 0 Å². The number of aryl methyl sites for hydroxylation is 1. The molecule has 0 spiro atoms. The number of carbonyl (C=O) groups is 1. The van der Waals surface area contributed by atoms with Crippen LogP contribution in [-0.2, 0) is 4.79 Å². The summed E-state index contributed by atoms with van der Waals surface area (Å²) in [5.41, 5.74) is 4.79. The second-order valence-corrected chi connectivity index (χ2v) is 5.82. The van der Waals surface area contributed by atoms with E-state index < -0.39 is 0 Å². The van der Waals surface area contributed by atoms with E-state index in [2.05, 4.69) is 16.4 Å². The number of aromatic hydroxyl groups is 1. The fourth-order valence-electron chi connectivity index (χ4n) is 3.30. The van der Waals surface area contributed by atoms with E-state index >= 15 is 0 Å². The number of fused-ring (bicyclic) bond motifs is 2. The van der Waals surface area contributed by atoms with Gasteiger partial charge in [-0.05, 0) is 41.8 Å². The number of amides is 1. The molecule has 1 aliphatic heterocycles. The van der Waals surface area contributed by atoms with Crippen LogP contribution in [0, 0.1) is 6.92 Å². The van der Waals surface area contributed by atoms with E-state index in [-0.39, 0.29) is 17.6 Å². The minimum absolute atomic E-state index is 0.00236. The van der Waals surface area contributed by atoms with Crippen LogP contribution in [0.2, 0.25) is 0 Å². The highest BCUT2D eigenvalue weighted by Crippen LogP contribution is 2.41. The number of hydrogen-bond donors (Lipinski definition) is 3. The van der Waals surface area contributed by atoms with Gasteiger partial charge in [-0.15, -0.1) is 0 Å². The van der Waals surface area contributed by atoms with Crippen molar-refractivity contribution in [3.05, 3.63) is 59.3 Å². The van der Waals surface area contributed by atoms with Crippen molar-refractivity contribution in [2.24, 2.45) is 0 Å². The van der Waals surface area contributed by atoms with E-state index in [1.54, 1.807) is 6.07 Å². The molecule has 0 saturated heterocycles. The van der Waals surface area contributed by atoms with Gasteiger partial charge in [0.15, 0.2) is 0 Å². The fourth-order valence-corrected chi connectivity index (χ4v) is 3.30. The molecule has 1 aromatic heterocycles. The maximum absolute atomic E-state index is 12.1. The van der Waals surface area contributed by atoms with Gasteiger partial charge in [0.25, 0.3) is 0 Å². The lowest BCUT2D eigenvalue weighted by molar-refractivity contribution is -0.116. The Hall–Kier alpha value is -2.75. The second kappa shape index (κ2) is 4.63.